The highest BCUT2D eigenvalue weighted by Crippen LogP contribution is 2.51. The van der Waals surface area contributed by atoms with E-state index < -0.39 is 0 Å². The second kappa shape index (κ2) is 8.53. The number of nitrogens with zero attached hydrogens (tertiary/aromatic N) is 1. The Bertz CT molecular complexity index is 918. The molecule has 27 heavy (non-hydrogen) atoms. The maximum atomic E-state index is 13.2. The molecule has 2 aromatic carbocycles. The molecule has 1 aromatic heterocycles. The third-order valence-electron chi connectivity index (χ3n) is 5.11. The zero-order valence-electron chi connectivity index (χ0n) is 15.2. The van der Waals surface area contributed by atoms with Crippen LogP contribution in [0, 0.1) is 5.82 Å². The summed E-state index contributed by atoms with van der Waals surface area (Å²) in [6, 6.07) is 15.2. The summed E-state index contributed by atoms with van der Waals surface area (Å²) in [6.07, 6.45) is 7.05. The second-order valence-corrected chi connectivity index (χ2v) is 8.16. The highest BCUT2D eigenvalue weighted by Gasteiger charge is 2.36. The second-order valence-electron chi connectivity index (χ2n) is 6.65. The third-order valence-corrected chi connectivity index (χ3v) is 6.82. The topological polar surface area (TPSA) is 50.2 Å². The van der Waals surface area contributed by atoms with Gasteiger partial charge in [0.15, 0.2) is 0 Å². The van der Waals surface area contributed by atoms with Crippen LogP contribution in [0.5, 0.6) is 0 Å². The van der Waals surface area contributed by atoms with Gasteiger partial charge in [-0.2, -0.15) is 0 Å². The summed E-state index contributed by atoms with van der Waals surface area (Å²) < 4.78 is 13.6. The first kappa shape index (κ1) is 19.4. The Kier molecular flexibility index (Phi) is 6.11. The Morgan fingerprint density at radius 3 is 2.41 bits per heavy atom. The van der Waals surface area contributed by atoms with Crippen LogP contribution >= 0.6 is 11.8 Å². The van der Waals surface area contributed by atoms with E-state index >= 15 is 0 Å². The van der Waals surface area contributed by atoms with Crippen LogP contribution < -0.4 is 0 Å². The number of carboxylic acid groups (broad SMARTS) is 1. The zero-order chi connectivity index (χ0) is 19.3. The fourth-order valence-electron chi connectivity index (χ4n) is 3.36. The summed E-state index contributed by atoms with van der Waals surface area (Å²) in [5.41, 5.74) is 3.17. The highest BCUT2D eigenvalue weighted by molar-refractivity contribution is 8.01. The van der Waals surface area contributed by atoms with Crippen LogP contribution in [-0.4, -0.2) is 21.3 Å². The van der Waals surface area contributed by atoms with Crippen molar-refractivity contribution in [2.45, 2.75) is 42.2 Å². The number of hydrogen-bond donors (Lipinski definition) is 1. The van der Waals surface area contributed by atoms with Gasteiger partial charge in [-0.25, -0.2) is 4.39 Å². The summed E-state index contributed by atoms with van der Waals surface area (Å²) in [4.78, 5) is 14.2. The SMILES string of the molecule is CCC1(Sc2ccnc3ccc(-c4ccc(F)cc4)cc23)CCC1.O=CO. The largest absolute Gasteiger partial charge is 0.483 e. The Morgan fingerprint density at radius 1 is 1.15 bits per heavy atom. The lowest BCUT2D eigenvalue weighted by molar-refractivity contribution is -0.122. The van der Waals surface area contributed by atoms with Gasteiger partial charge in [0.05, 0.1) is 5.52 Å². The molecule has 0 saturated heterocycles. The predicted octanol–water partition coefficient (Wildman–Crippen LogP) is 6.17. The van der Waals surface area contributed by atoms with Crippen LogP contribution in [0.4, 0.5) is 4.39 Å². The molecule has 1 aliphatic rings. The van der Waals surface area contributed by atoms with Crippen LogP contribution in [0.25, 0.3) is 22.0 Å². The number of benzene rings is 2. The highest BCUT2D eigenvalue weighted by atomic mass is 32.2. The van der Waals surface area contributed by atoms with E-state index in [0.29, 0.717) is 4.75 Å². The van der Waals surface area contributed by atoms with Crippen molar-refractivity contribution >= 4 is 29.1 Å². The van der Waals surface area contributed by atoms with Crippen molar-refractivity contribution in [2.24, 2.45) is 0 Å². The van der Waals surface area contributed by atoms with Crippen LogP contribution in [-0.2, 0) is 4.79 Å². The first-order valence-corrected chi connectivity index (χ1v) is 9.84. The summed E-state index contributed by atoms with van der Waals surface area (Å²) in [5, 5.41) is 8.09. The molecule has 0 radical (unpaired) electrons. The van der Waals surface area contributed by atoms with Crippen LogP contribution in [0.15, 0.2) is 59.6 Å². The maximum Gasteiger partial charge on any atom is 0.290 e. The minimum Gasteiger partial charge on any atom is -0.483 e. The number of rotatable bonds is 4. The molecule has 1 heterocycles. The van der Waals surface area contributed by atoms with Gasteiger partial charge in [0.1, 0.15) is 5.82 Å². The molecule has 0 spiro atoms. The van der Waals surface area contributed by atoms with E-state index in [1.54, 1.807) is 0 Å². The lowest BCUT2D eigenvalue weighted by atomic mass is 9.82. The minimum atomic E-state index is -0.250. The number of hydrogen-bond acceptors (Lipinski definition) is 3. The van der Waals surface area contributed by atoms with Gasteiger partial charge >= 0.3 is 0 Å². The third kappa shape index (κ3) is 4.30. The Balaban J connectivity index is 0.000000659. The number of fused-ring (bicyclic) bond motifs is 1. The molecule has 0 amide bonds. The van der Waals surface area contributed by atoms with Crippen molar-refractivity contribution in [1.82, 2.24) is 4.98 Å². The molecule has 0 unspecified atom stereocenters. The summed E-state index contributed by atoms with van der Waals surface area (Å²) in [7, 11) is 0. The van der Waals surface area contributed by atoms with E-state index in [9.17, 15) is 4.39 Å². The maximum absolute atomic E-state index is 13.2. The van der Waals surface area contributed by atoms with E-state index in [0.717, 1.165) is 16.6 Å². The van der Waals surface area contributed by atoms with Crippen molar-refractivity contribution in [1.29, 1.82) is 0 Å². The fourth-order valence-corrected chi connectivity index (χ4v) is 4.87. The average molecular weight is 383 g/mol. The minimum absolute atomic E-state index is 0.202. The molecule has 140 valence electrons. The molecular weight excluding hydrogens is 361 g/mol. The number of aromatic nitrogens is 1. The number of halogens is 1. The monoisotopic (exact) mass is 383 g/mol. The van der Waals surface area contributed by atoms with E-state index in [1.807, 2.05) is 30.1 Å². The van der Waals surface area contributed by atoms with E-state index in [-0.39, 0.29) is 12.3 Å². The Morgan fingerprint density at radius 2 is 1.81 bits per heavy atom. The lowest BCUT2D eigenvalue weighted by Gasteiger charge is -2.40. The first-order chi connectivity index (χ1) is 13.1. The van der Waals surface area contributed by atoms with Crippen molar-refractivity contribution in [3.8, 4) is 11.1 Å². The molecule has 3 aromatic rings. The molecule has 0 aliphatic heterocycles. The van der Waals surface area contributed by atoms with Crippen molar-refractivity contribution in [2.75, 3.05) is 0 Å². The standard InChI is InChI=1S/C21H20FNS.CH2O2/c1-2-21(11-3-12-21)24-20-10-13-23-19-9-6-16(14-18(19)20)15-4-7-17(22)8-5-15;2-1-3/h4-10,13-14H,2-3,11-12H2,1H3;1H,(H,2,3). The molecule has 1 aliphatic carbocycles. The van der Waals surface area contributed by atoms with E-state index in [2.05, 4.69) is 36.2 Å². The number of pyridine rings is 1. The molecule has 0 bridgehead atoms. The van der Waals surface area contributed by atoms with Crippen molar-refractivity contribution in [3.63, 3.8) is 0 Å². The zero-order valence-corrected chi connectivity index (χ0v) is 16.0. The van der Waals surface area contributed by atoms with Gasteiger partial charge in [-0.3, -0.25) is 9.78 Å². The van der Waals surface area contributed by atoms with E-state index in [4.69, 9.17) is 9.90 Å². The van der Waals surface area contributed by atoms with Gasteiger partial charge in [0.2, 0.25) is 0 Å². The molecule has 1 fully saturated rings. The van der Waals surface area contributed by atoms with Gasteiger partial charge in [0, 0.05) is 21.2 Å². The van der Waals surface area contributed by atoms with Crippen LogP contribution in [0.1, 0.15) is 32.6 Å². The Hall–Kier alpha value is -2.40. The lowest BCUT2D eigenvalue weighted by Crippen LogP contribution is -2.32. The normalized spacial score (nSPS) is 14.7. The van der Waals surface area contributed by atoms with E-state index in [1.165, 1.54) is 48.1 Å². The van der Waals surface area contributed by atoms with Gasteiger partial charge in [-0.1, -0.05) is 31.5 Å². The molecular formula is C22H22FNO2S. The molecule has 4 rings (SSSR count). The van der Waals surface area contributed by atoms with Gasteiger partial charge < -0.3 is 5.11 Å². The van der Waals surface area contributed by atoms with Gasteiger partial charge in [-0.05, 0) is 60.7 Å². The summed E-state index contributed by atoms with van der Waals surface area (Å²) in [6.45, 7) is 2.04. The number of carbonyl (C=O) groups is 1. The van der Waals surface area contributed by atoms with Crippen molar-refractivity contribution < 1.29 is 14.3 Å². The van der Waals surface area contributed by atoms with Crippen LogP contribution in [0.2, 0.25) is 0 Å². The fraction of sp³-hybridized carbons (Fsp3) is 0.273. The molecule has 1 N–H and O–H groups in total. The Labute approximate surface area is 162 Å². The van der Waals surface area contributed by atoms with Gasteiger partial charge in [-0.15, -0.1) is 11.8 Å². The molecule has 0 atom stereocenters. The van der Waals surface area contributed by atoms with Crippen molar-refractivity contribution in [3.05, 3.63) is 60.5 Å². The molecule has 3 nitrogen and oxygen atoms in total. The summed E-state index contributed by atoms with van der Waals surface area (Å²) in [5.74, 6) is -0.202. The number of thioether (sulfide) groups is 1. The smallest absolute Gasteiger partial charge is 0.290 e. The quantitative estimate of drug-likeness (QED) is 0.548. The first-order valence-electron chi connectivity index (χ1n) is 9.02. The molecule has 1 saturated carbocycles. The predicted molar refractivity (Wildman–Crippen MR) is 109 cm³/mol. The summed E-state index contributed by atoms with van der Waals surface area (Å²) >= 11 is 2.01. The molecule has 5 heteroatoms. The van der Waals surface area contributed by atoms with Gasteiger partial charge in [0.25, 0.3) is 6.47 Å². The van der Waals surface area contributed by atoms with Crippen LogP contribution in [0.3, 0.4) is 0 Å². The average Bonchev–Trinajstić information content (AvgIpc) is 2.66.